The van der Waals surface area contributed by atoms with Crippen LogP contribution < -0.4 is 4.90 Å². The Morgan fingerprint density at radius 2 is 1.63 bits per heavy atom. The van der Waals surface area contributed by atoms with Gasteiger partial charge in [0.15, 0.2) is 0 Å². The molecule has 2 aromatic rings. The third-order valence-corrected chi connectivity index (χ3v) is 4.38. The van der Waals surface area contributed by atoms with E-state index in [9.17, 15) is 4.79 Å². The van der Waals surface area contributed by atoms with Crippen molar-refractivity contribution in [2.75, 3.05) is 18.6 Å². The highest BCUT2D eigenvalue weighted by Crippen LogP contribution is 2.15. The molecule has 0 aromatic heterocycles. The van der Waals surface area contributed by atoms with Gasteiger partial charge in [-0.1, -0.05) is 57.2 Å². The van der Waals surface area contributed by atoms with Gasteiger partial charge in [0.2, 0.25) is 0 Å². The standard InChI is InChI=1S/C23H30N2O2/c1-3-4-5-6-7-11-18-27-23(26)20-14-16-21(17-15-20)24-19-25(2)22-12-9-8-10-13-22/h8-10,12-17,19H,3-7,11,18H2,1-2H3. The van der Waals surface area contributed by atoms with E-state index in [2.05, 4.69) is 11.9 Å². The highest BCUT2D eigenvalue weighted by Gasteiger charge is 2.06. The third kappa shape index (κ3) is 7.65. The molecule has 0 fully saturated rings. The Hall–Kier alpha value is -2.62. The maximum Gasteiger partial charge on any atom is 0.338 e. The van der Waals surface area contributed by atoms with Gasteiger partial charge in [-0.05, 0) is 42.8 Å². The minimum absolute atomic E-state index is 0.263. The molecule has 4 heteroatoms. The Morgan fingerprint density at radius 3 is 2.33 bits per heavy atom. The van der Waals surface area contributed by atoms with Crippen LogP contribution in [0.4, 0.5) is 11.4 Å². The summed E-state index contributed by atoms with van der Waals surface area (Å²) in [7, 11) is 1.95. The van der Waals surface area contributed by atoms with Gasteiger partial charge in [-0.25, -0.2) is 9.79 Å². The summed E-state index contributed by atoms with van der Waals surface area (Å²) in [6.07, 6.45) is 8.84. The number of ether oxygens (including phenoxy) is 1. The third-order valence-electron chi connectivity index (χ3n) is 4.38. The monoisotopic (exact) mass is 366 g/mol. The lowest BCUT2D eigenvalue weighted by Crippen LogP contribution is -2.13. The maximum atomic E-state index is 12.1. The number of esters is 1. The number of hydrogen-bond acceptors (Lipinski definition) is 3. The van der Waals surface area contributed by atoms with Crippen LogP contribution in [0.25, 0.3) is 0 Å². The molecule has 0 radical (unpaired) electrons. The van der Waals surface area contributed by atoms with Crippen molar-refractivity contribution in [1.29, 1.82) is 0 Å². The summed E-state index contributed by atoms with van der Waals surface area (Å²) in [4.78, 5) is 18.5. The Balaban J connectivity index is 1.75. The molecule has 2 aromatic carbocycles. The molecule has 0 unspecified atom stereocenters. The van der Waals surface area contributed by atoms with E-state index in [1.54, 1.807) is 18.5 Å². The molecule has 2 rings (SSSR count). The van der Waals surface area contributed by atoms with Gasteiger partial charge < -0.3 is 9.64 Å². The zero-order valence-corrected chi connectivity index (χ0v) is 16.4. The van der Waals surface area contributed by atoms with Crippen molar-refractivity contribution < 1.29 is 9.53 Å². The fourth-order valence-corrected chi connectivity index (χ4v) is 2.70. The SMILES string of the molecule is CCCCCCCCOC(=O)c1ccc(N=CN(C)c2ccccc2)cc1. The summed E-state index contributed by atoms with van der Waals surface area (Å²) < 4.78 is 5.34. The van der Waals surface area contributed by atoms with Gasteiger partial charge >= 0.3 is 5.97 Å². The molecule has 0 saturated heterocycles. The number of carbonyl (C=O) groups is 1. The molecule has 0 amide bonds. The van der Waals surface area contributed by atoms with Crippen LogP contribution in [0.3, 0.4) is 0 Å². The zero-order valence-electron chi connectivity index (χ0n) is 16.4. The van der Waals surface area contributed by atoms with Crippen LogP contribution in [0.1, 0.15) is 55.8 Å². The van der Waals surface area contributed by atoms with Gasteiger partial charge in [-0.2, -0.15) is 0 Å². The van der Waals surface area contributed by atoms with Crippen molar-refractivity contribution in [2.45, 2.75) is 45.4 Å². The van der Waals surface area contributed by atoms with Crippen LogP contribution in [0.15, 0.2) is 59.6 Å². The number of aliphatic imine (C=N–C) groups is 1. The second-order valence-corrected chi connectivity index (χ2v) is 6.64. The van der Waals surface area contributed by atoms with Gasteiger partial charge in [-0.15, -0.1) is 0 Å². The van der Waals surface area contributed by atoms with Gasteiger partial charge in [0, 0.05) is 12.7 Å². The van der Waals surface area contributed by atoms with E-state index in [-0.39, 0.29) is 5.97 Å². The Bertz CT molecular complexity index is 696. The first kappa shape index (κ1) is 20.7. The van der Waals surface area contributed by atoms with Gasteiger partial charge in [-0.3, -0.25) is 0 Å². The fourth-order valence-electron chi connectivity index (χ4n) is 2.70. The fraction of sp³-hybridized carbons (Fsp3) is 0.391. The lowest BCUT2D eigenvalue weighted by Gasteiger charge is -2.12. The Kier molecular flexibility index (Phi) is 9.11. The molecular weight excluding hydrogens is 336 g/mol. The molecule has 0 aliphatic heterocycles. The van der Waals surface area contributed by atoms with Crippen molar-refractivity contribution in [3.05, 3.63) is 60.2 Å². The zero-order chi connectivity index (χ0) is 19.3. The highest BCUT2D eigenvalue weighted by atomic mass is 16.5. The average Bonchev–Trinajstić information content (AvgIpc) is 2.72. The van der Waals surface area contributed by atoms with E-state index in [4.69, 9.17) is 4.74 Å². The number of carbonyl (C=O) groups excluding carboxylic acids is 1. The van der Waals surface area contributed by atoms with Crippen LogP contribution in [-0.2, 0) is 4.74 Å². The predicted molar refractivity (Wildman–Crippen MR) is 113 cm³/mol. The topological polar surface area (TPSA) is 41.9 Å². The normalized spacial score (nSPS) is 10.9. The van der Waals surface area contributed by atoms with Crippen molar-refractivity contribution in [1.82, 2.24) is 0 Å². The summed E-state index contributed by atoms with van der Waals surface area (Å²) >= 11 is 0. The Morgan fingerprint density at radius 1 is 0.963 bits per heavy atom. The molecule has 0 bridgehead atoms. The summed E-state index contributed by atoms with van der Waals surface area (Å²) in [5, 5.41) is 0. The number of para-hydroxylation sites is 1. The van der Waals surface area contributed by atoms with Crippen LogP contribution in [0.2, 0.25) is 0 Å². The second kappa shape index (κ2) is 11.9. The number of nitrogens with zero attached hydrogens (tertiary/aromatic N) is 2. The van der Waals surface area contributed by atoms with Crippen molar-refractivity contribution in [3.63, 3.8) is 0 Å². The predicted octanol–water partition coefficient (Wildman–Crippen LogP) is 6.00. The van der Waals surface area contributed by atoms with Crippen molar-refractivity contribution >= 4 is 23.7 Å². The number of anilines is 1. The molecule has 144 valence electrons. The van der Waals surface area contributed by atoms with Crippen LogP contribution >= 0.6 is 0 Å². The highest BCUT2D eigenvalue weighted by molar-refractivity contribution is 5.90. The van der Waals surface area contributed by atoms with Gasteiger partial charge in [0.25, 0.3) is 0 Å². The van der Waals surface area contributed by atoms with Crippen LogP contribution in [-0.4, -0.2) is 26.0 Å². The maximum absolute atomic E-state index is 12.1. The van der Waals surface area contributed by atoms with E-state index in [1.807, 2.05) is 54.4 Å². The molecule has 4 nitrogen and oxygen atoms in total. The first-order valence-electron chi connectivity index (χ1n) is 9.80. The summed E-state index contributed by atoms with van der Waals surface area (Å²) in [5.41, 5.74) is 2.43. The molecule has 0 spiro atoms. The van der Waals surface area contributed by atoms with E-state index in [0.29, 0.717) is 12.2 Å². The van der Waals surface area contributed by atoms with Gasteiger partial charge in [0.1, 0.15) is 0 Å². The van der Waals surface area contributed by atoms with Crippen LogP contribution in [0.5, 0.6) is 0 Å². The minimum atomic E-state index is -0.263. The second-order valence-electron chi connectivity index (χ2n) is 6.64. The minimum Gasteiger partial charge on any atom is -0.462 e. The van der Waals surface area contributed by atoms with E-state index in [1.165, 1.54) is 25.7 Å². The van der Waals surface area contributed by atoms with E-state index in [0.717, 1.165) is 24.2 Å². The summed E-state index contributed by atoms with van der Waals surface area (Å²) in [5.74, 6) is -0.263. The summed E-state index contributed by atoms with van der Waals surface area (Å²) in [6, 6.07) is 17.2. The lowest BCUT2D eigenvalue weighted by atomic mass is 10.1. The first-order chi connectivity index (χ1) is 13.2. The molecule has 0 atom stereocenters. The quantitative estimate of drug-likeness (QED) is 0.212. The largest absolute Gasteiger partial charge is 0.462 e. The number of unbranched alkanes of at least 4 members (excludes halogenated alkanes) is 5. The number of benzene rings is 2. The molecule has 0 aliphatic rings. The Labute approximate surface area is 162 Å². The number of rotatable bonds is 11. The van der Waals surface area contributed by atoms with Gasteiger partial charge in [0.05, 0.1) is 24.2 Å². The van der Waals surface area contributed by atoms with E-state index < -0.39 is 0 Å². The van der Waals surface area contributed by atoms with Crippen molar-refractivity contribution in [3.8, 4) is 0 Å². The summed E-state index contributed by atoms with van der Waals surface area (Å²) in [6.45, 7) is 2.70. The molecule has 27 heavy (non-hydrogen) atoms. The number of hydrogen-bond donors (Lipinski definition) is 0. The van der Waals surface area contributed by atoms with E-state index >= 15 is 0 Å². The molecule has 0 saturated carbocycles. The lowest BCUT2D eigenvalue weighted by molar-refractivity contribution is 0.0497. The molecule has 0 heterocycles. The average molecular weight is 367 g/mol. The van der Waals surface area contributed by atoms with Crippen LogP contribution in [0, 0.1) is 0 Å². The van der Waals surface area contributed by atoms with Crippen molar-refractivity contribution in [2.24, 2.45) is 4.99 Å². The smallest absolute Gasteiger partial charge is 0.338 e. The first-order valence-corrected chi connectivity index (χ1v) is 9.80. The molecule has 0 aliphatic carbocycles. The molecule has 0 N–H and O–H groups in total. The molecular formula is C23H30N2O2.